The van der Waals surface area contributed by atoms with E-state index in [4.69, 9.17) is 11.0 Å². The van der Waals surface area contributed by atoms with Crippen molar-refractivity contribution in [3.8, 4) is 6.07 Å². The molecule has 0 aliphatic carbocycles. The lowest BCUT2D eigenvalue weighted by Crippen LogP contribution is -2.17. The van der Waals surface area contributed by atoms with Crippen LogP contribution in [0.2, 0.25) is 0 Å². The number of nitrogens with two attached hydrogens (primary N) is 1. The van der Waals surface area contributed by atoms with Gasteiger partial charge in [0.15, 0.2) is 0 Å². The zero-order valence-corrected chi connectivity index (χ0v) is 10.3. The highest BCUT2D eigenvalue weighted by atomic mass is 32.2. The predicted molar refractivity (Wildman–Crippen MR) is 69.4 cm³/mol. The molecule has 0 saturated heterocycles. The summed E-state index contributed by atoms with van der Waals surface area (Å²) in [5.74, 6) is 1.70. The number of pyridine rings is 1. The Hall–Kier alpha value is -1.41. The second-order valence-corrected chi connectivity index (χ2v) is 4.59. The minimum atomic E-state index is 0.302. The molecule has 0 amide bonds. The molecule has 5 heteroatoms. The van der Waals surface area contributed by atoms with Crippen molar-refractivity contribution in [3.63, 3.8) is 0 Å². The Morgan fingerprint density at radius 1 is 1.69 bits per heavy atom. The highest BCUT2D eigenvalue weighted by Gasteiger charge is 2.07. The first-order valence-corrected chi connectivity index (χ1v) is 6.48. The molecule has 0 spiro atoms. The number of hydrogen-bond acceptors (Lipinski definition) is 5. The van der Waals surface area contributed by atoms with E-state index >= 15 is 0 Å². The van der Waals surface area contributed by atoms with Crippen LogP contribution in [-0.2, 0) is 0 Å². The third kappa shape index (κ3) is 3.63. The molecule has 0 saturated carbocycles. The Morgan fingerprint density at radius 3 is 3.06 bits per heavy atom. The molecule has 16 heavy (non-hydrogen) atoms. The summed E-state index contributed by atoms with van der Waals surface area (Å²) in [6, 6.07) is 4.02. The Labute approximate surface area is 100 Å². The van der Waals surface area contributed by atoms with Crippen LogP contribution in [0, 0.1) is 11.3 Å². The number of nitrogens with zero attached hydrogens (tertiary/aromatic N) is 2. The Morgan fingerprint density at radius 2 is 2.44 bits per heavy atom. The van der Waals surface area contributed by atoms with Gasteiger partial charge in [-0.2, -0.15) is 17.0 Å². The molecule has 86 valence electrons. The maximum absolute atomic E-state index is 8.94. The van der Waals surface area contributed by atoms with Crippen LogP contribution in [0.1, 0.15) is 18.9 Å². The minimum Gasteiger partial charge on any atom is -0.397 e. The molecule has 0 aromatic carbocycles. The number of hydrogen-bond donors (Lipinski definition) is 2. The summed E-state index contributed by atoms with van der Waals surface area (Å²) in [5, 5.41) is 12.2. The first-order valence-electron chi connectivity index (χ1n) is 5.08. The van der Waals surface area contributed by atoms with Gasteiger partial charge in [0.05, 0.1) is 17.4 Å². The van der Waals surface area contributed by atoms with Crippen molar-refractivity contribution in [2.45, 2.75) is 19.4 Å². The maximum Gasteiger partial charge on any atom is 0.144 e. The van der Waals surface area contributed by atoms with Crippen molar-refractivity contribution in [3.05, 3.63) is 17.8 Å². The van der Waals surface area contributed by atoms with E-state index in [1.165, 1.54) is 0 Å². The second-order valence-electron chi connectivity index (χ2n) is 3.60. The summed E-state index contributed by atoms with van der Waals surface area (Å²) in [7, 11) is 0. The molecule has 0 fully saturated rings. The third-order valence-corrected chi connectivity index (χ3v) is 2.81. The zero-order valence-electron chi connectivity index (χ0n) is 9.53. The molecule has 0 aliphatic rings. The van der Waals surface area contributed by atoms with Crippen LogP contribution in [0.5, 0.6) is 0 Å². The largest absolute Gasteiger partial charge is 0.397 e. The lowest BCUT2D eigenvalue weighted by atomic mass is 10.2. The lowest BCUT2D eigenvalue weighted by molar-refractivity contribution is 0.766. The number of rotatable bonds is 5. The summed E-state index contributed by atoms with van der Waals surface area (Å²) in [5.41, 5.74) is 6.58. The first-order chi connectivity index (χ1) is 7.67. The van der Waals surface area contributed by atoms with Gasteiger partial charge >= 0.3 is 0 Å². The summed E-state index contributed by atoms with van der Waals surface area (Å²) in [6.07, 6.45) is 4.68. The van der Waals surface area contributed by atoms with E-state index < -0.39 is 0 Å². The molecule has 4 nitrogen and oxygen atoms in total. The number of nitrogens with one attached hydrogen (secondary N) is 1. The fourth-order valence-corrected chi connectivity index (χ4v) is 1.87. The van der Waals surface area contributed by atoms with E-state index in [-0.39, 0.29) is 0 Å². The monoisotopic (exact) mass is 236 g/mol. The average Bonchev–Trinajstić information content (AvgIpc) is 2.28. The summed E-state index contributed by atoms with van der Waals surface area (Å²) < 4.78 is 0. The van der Waals surface area contributed by atoms with Crippen molar-refractivity contribution < 1.29 is 0 Å². The van der Waals surface area contributed by atoms with Gasteiger partial charge in [0.1, 0.15) is 11.9 Å². The topological polar surface area (TPSA) is 74.7 Å². The van der Waals surface area contributed by atoms with Crippen LogP contribution in [0.3, 0.4) is 0 Å². The van der Waals surface area contributed by atoms with E-state index in [0.29, 0.717) is 23.1 Å². The Balaban J connectivity index is 2.70. The van der Waals surface area contributed by atoms with Gasteiger partial charge in [-0.3, -0.25) is 0 Å². The number of nitriles is 1. The van der Waals surface area contributed by atoms with Gasteiger partial charge in [0.2, 0.25) is 0 Å². The van der Waals surface area contributed by atoms with E-state index in [1.807, 2.05) is 11.8 Å². The predicted octanol–water partition coefficient (Wildman–Crippen LogP) is 2.09. The van der Waals surface area contributed by atoms with Gasteiger partial charge in [-0.15, -0.1) is 0 Å². The van der Waals surface area contributed by atoms with Crippen molar-refractivity contribution in [1.29, 1.82) is 5.26 Å². The summed E-state index contributed by atoms with van der Waals surface area (Å²) in [6.45, 7) is 2.08. The van der Waals surface area contributed by atoms with Crippen molar-refractivity contribution in [2.24, 2.45) is 0 Å². The molecule has 1 heterocycles. The average molecular weight is 236 g/mol. The van der Waals surface area contributed by atoms with Gasteiger partial charge in [-0.05, 0) is 31.4 Å². The quantitative estimate of drug-likeness (QED) is 0.818. The normalized spacial score (nSPS) is 11.8. The van der Waals surface area contributed by atoms with E-state index in [9.17, 15) is 0 Å². The number of nitrogen functional groups attached to an aromatic ring is 1. The Kier molecular flexibility index (Phi) is 4.93. The molecule has 1 unspecified atom stereocenters. The summed E-state index contributed by atoms with van der Waals surface area (Å²) >= 11 is 1.81. The molecule has 0 aliphatic heterocycles. The first kappa shape index (κ1) is 12.7. The van der Waals surface area contributed by atoms with Gasteiger partial charge in [0, 0.05) is 6.04 Å². The number of anilines is 2. The molecule has 1 aromatic heterocycles. The van der Waals surface area contributed by atoms with Crippen molar-refractivity contribution in [2.75, 3.05) is 23.1 Å². The molecular formula is C11H16N4S. The van der Waals surface area contributed by atoms with E-state index in [1.54, 1.807) is 12.3 Å². The lowest BCUT2D eigenvalue weighted by Gasteiger charge is -2.14. The number of thioether (sulfide) groups is 1. The standard InChI is InChI=1S/C11H16N4S/c1-8(3-4-16-2)15-11-9(6-12)5-10(13)7-14-11/h5,7-8H,3-4,13H2,1-2H3,(H,14,15). The van der Waals surface area contributed by atoms with Crippen LogP contribution in [0.25, 0.3) is 0 Å². The van der Waals surface area contributed by atoms with Gasteiger partial charge in [-0.25, -0.2) is 4.98 Å². The van der Waals surface area contributed by atoms with Gasteiger partial charge < -0.3 is 11.1 Å². The minimum absolute atomic E-state index is 0.302. The van der Waals surface area contributed by atoms with E-state index in [2.05, 4.69) is 29.5 Å². The molecule has 0 radical (unpaired) electrons. The van der Waals surface area contributed by atoms with E-state index in [0.717, 1.165) is 12.2 Å². The van der Waals surface area contributed by atoms with Crippen molar-refractivity contribution in [1.82, 2.24) is 4.98 Å². The Bertz CT molecular complexity index is 386. The van der Waals surface area contributed by atoms with Crippen molar-refractivity contribution >= 4 is 23.3 Å². The highest BCUT2D eigenvalue weighted by molar-refractivity contribution is 7.98. The third-order valence-electron chi connectivity index (χ3n) is 2.17. The van der Waals surface area contributed by atoms with Crippen LogP contribution in [-0.4, -0.2) is 23.0 Å². The maximum atomic E-state index is 8.94. The fourth-order valence-electron chi connectivity index (χ4n) is 1.28. The molecule has 1 atom stereocenters. The highest BCUT2D eigenvalue weighted by Crippen LogP contribution is 2.16. The SMILES string of the molecule is CSCCC(C)Nc1ncc(N)cc1C#N. The molecule has 1 rings (SSSR count). The summed E-state index contributed by atoms with van der Waals surface area (Å²) in [4.78, 5) is 4.13. The fraction of sp³-hybridized carbons (Fsp3) is 0.455. The van der Waals surface area contributed by atoms with Crippen LogP contribution in [0.4, 0.5) is 11.5 Å². The van der Waals surface area contributed by atoms with Gasteiger partial charge in [-0.1, -0.05) is 0 Å². The zero-order chi connectivity index (χ0) is 12.0. The van der Waals surface area contributed by atoms with Crippen LogP contribution in [0.15, 0.2) is 12.3 Å². The second kappa shape index (κ2) is 6.23. The molecular weight excluding hydrogens is 220 g/mol. The molecule has 1 aromatic rings. The number of aromatic nitrogens is 1. The molecule has 3 N–H and O–H groups in total. The van der Waals surface area contributed by atoms with Crippen LogP contribution >= 0.6 is 11.8 Å². The van der Waals surface area contributed by atoms with Crippen LogP contribution < -0.4 is 11.1 Å². The smallest absolute Gasteiger partial charge is 0.144 e. The molecule has 0 bridgehead atoms. The van der Waals surface area contributed by atoms with Gasteiger partial charge in [0.25, 0.3) is 0 Å².